The zero-order valence-corrected chi connectivity index (χ0v) is 17.8. The van der Waals surface area contributed by atoms with Gasteiger partial charge in [-0.05, 0) is 12.8 Å². The van der Waals surface area contributed by atoms with Gasteiger partial charge >= 0.3 is 0 Å². The second-order valence-electron chi connectivity index (χ2n) is 6.99. The van der Waals surface area contributed by atoms with Crippen molar-refractivity contribution in [3.05, 3.63) is 0 Å². The van der Waals surface area contributed by atoms with Crippen LogP contribution in [-0.4, -0.2) is 52.9 Å². The molecule has 0 saturated heterocycles. The van der Waals surface area contributed by atoms with Gasteiger partial charge in [-0.1, -0.05) is 78.1 Å². The number of hydrogen-bond acceptors (Lipinski definition) is 4. The minimum atomic E-state index is 0.635. The van der Waals surface area contributed by atoms with Gasteiger partial charge in [0.05, 0.1) is 39.6 Å². The van der Waals surface area contributed by atoms with Crippen molar-refractivity contribution in [2.45, 2.75) is 90.9 Å². The largest absolute Gasteiger partial charge is 0.379 e. The van der Waals surface area contributed by atoms with Gasteiger partial charge in [-0.25, -0.2) is 0 Å². The highest BCUT2D eigenvalue weighted by atomic mass is 16.6. The van der Waals surface area contributed by atoms with Crippen LogP contribution in [0, 0.1) is 0 Å². The Morgan fingerprint density at radius 3 is 1.04 bits per heavy atom. The molecule has 0 fully saturated rings. The minimum absolute atomic E-state index is 0.635. The minimum Gasteiger partial charge on any atom is -0.379 e. The van der Waals surface area contributed by atoms with E-state index in [9.17, 15) is 0 Å². The molecular weight excluding hydrogens is 328 g/mol. The van der Waals surface area contributed by atoms with Crippen LogP contribution in [0.5, 0.6) is 0 Å². The molecule has 26 heavy (non-hydrogen) atoms. The zero-order valence-electron chi connectivity index (χ0n) is 17.8. The molecule has 0 saturated carbocycles. The van der Waals surface area contributed by atoms with Crippen LogP contribution in [0.4, 0.5) is 0 Å². The molecule has 0 rings (SSSR count). The lowest BCUT2D eigenvalue weighted by molar-refractivity contribution is -0.00238. The predicted molar refractivity (Wildman–Crippen MR) is 110 cm³/mol. The molecule has 0 aliphatic carbocycles. The van der Waals surface area contributed by atoms with Gasteiger partial charge in [-0.3, -0.25) is 0 Å². The van der Waals surface area contributed by atoms with Crippen LogP contribution in [0.2, 0.25) is 0 Å². The Hall–Kier alpha value is -0.160. The van der Waals surface area contributed by atoms with Crippen molar-refractivity contribution in [1.29, 1.82) is 0 Å². The van der Waals surface area contributed by atoms with E-state index in [1.54, 1.807) is 0 Å². The molecule has 0 radical (unpaired) electrons. The molecule has 4 heteroatoms. The van der Waals surface area contributed by atoms with Gasteiger partial charge in [0.2, 0.25) is 0 Å². The van der Waals surface area contributed by atoms with Crippen LogP contribution in [-0.2, 0) is 18.9 Å². The zero-order chi connectivity index (χ0) is 19.0. The summed E-state index contributed by atoms with van der Waals surface area (Å²) in [6.07, 6.45) is 15.9. The molecule has 0 amide bonds. The molecular formula is C22H46O4. The second-order valence-corrected chi connectivity index (χ2v) is 6.99. The molecule has 0 aromatic heterocycles. The van der Waals surface area contributed by atoms with E-state index in [2.05, 4.69) is 13.8 Å². The van der Waals surface area contributed by atoms with Crippen molar-refractivity contribution in [1.82, 2.24) is 0 Å². The first kappa shape index (κ1) is 25.8. The first-order valence-electron chi connectivity index (χ1n) is 11.2. The molecule has 0 aromatic rings. The molecule has 4 nitrogen and oxygen atoms in total. The summed E-state index contributed by atoms with van der Waals surface area (Å²) >= 11 is 0. The van der Waals surface area contributed by atoms with Crippen LogP contribution >= 0.6 is 0 Å². The van der Waals surface area contributed by atoms with Gasteiger partial charge in [-0.15, -0.1) is 0 Å². The predicted octanol–water partition coefficient (Wildman–Crippen LogP) is 5.77. The Morgan fingerprint density at radius 1 is 0.308 bits per heavy atom. The fourth-order valence-electron chi connectivity index (χ4n) is 2.70. The van der Waals surface area contributed by atoms with E-state index in [4.69, 9.17) is 18.9 Å². The maximum absolute atomic E-state index is 5.60. The van der Waals surface area contributed by atoms with Gasteiger partial charge in [0, 0.05) is 13.2 Å². The first-order valence-corrected chi connectivity index (χ1v) is 11.2. The maximum Gasteiger partial charge on any atom is 0.0701 e. The molecule has 158 valence electrons. The van der Waals surface area contributed by atoms with Crippen molar-refractivity contribution < 1.29 is 18.9 Å². The highest BCUT2D eigenvalue weighted by Crippen LogP contribution is 2.10. The standard InChI is InChI=1S/C22H46O4/c1-3-5-7-8-9-10-11-12-13-14-16-24-18-20-26-22-21-25-19-17-23-15-6-4-2/h3-22H2,1-2H3. The molecule has 0 aliphatic heterocycles. The molecule has 0 aromatic carbocycles. The number of hydrogen-bond donors (Lipinski definition) is 0. The van der Waals surface area contributed by atoms with Crippen LogP contribution in [0.1, 0.15) is 90.9 Å². The van der Waals surface area contributed by atoms with Gasteiger partial charge in [-0.2, -0.15) is 0 Å². The smallest absolute Gasteiger partial charge is 0.0701 e. The summed E-state index contributed by atoms with van der Waals surface area (Å²) in [5.41, 5.74) is 0. The van der Waals surface area contributed by atoms with Gasteiger partial charge in [0.25, 0.3) is 0 Å². The Labute approximate surface area is 163 Å². The Kier molecular flexibility index (Phi) is 24.7. The fourth-order valence-corrected chi connectivity index (χ4v) is 2.70. The Balaban J connectivity index is 2.95. The van der Waals surface area contributed by atoms with E-state index in [0.717, 1.165) is 19.6 Å². The maximum atomic E-state index is 5.60. The van der Waals surface area contributed by atoms with Crippen LogP contribution in [0.3, 0.4) is 0 Å². The van der Waals surface area contributed by atoms with Crippen LogP contribution in [0.15, 0.2) is 0 Å². The SMILES string of the molecule is CCCCCCCCCCCCOCCOCCOCCOCCCC. The molecule has 0 N–H and O–H groups in total. The van der Waals surface area contributed by atoms with E-state index in [1.807, 2.05) is 0 Å². The van der Waals surface area contributed by atoms with Gasteiger partial charge < -0.3 is 18.9 Å². The lowest BCUT2D eigenvalue weighted by Gasteiger charge is -2.07. The average Bonchev–Trinajstić information content (AvgIpc) is 2.66. The van der Waals surface area contributed by atoms with Crippen molar-refractivity contribution in [2.24, 2.45) is 0 Å². The molecule has 0 heterocycles. The topological polar surface area (TPSA) is 36.9 Å². The van der Waals surface area contributed by atoms with E-state index in [1.165, 1.54) is 70.6 Å². The number of unbranched alkanes of at least 4 members (excludes halogenated alkanes) is 10. The third-order valence-corrected chi connectivity index (χ3v) is 4.40. The van der Waals surface area contributed by atoms with Crippen molar-refractivity contribution >= 4 is 0 Å². The molecule has 0 unspecified atom stereocenters. The van der Waals surface area contributed by atoms with Gasteiger partial charge in [0.15, 0.2) is 0 Å². The summed E-state index contributed by atoms with van der Waals surface area (Å²) in [6.45, 7) is 10.1. The van der Waals surface area contributed by atoms with Crippen LogP contribution < -0.4 is 0 Å². The monoisotopic (exact) mass is 374 g/mol. The van der Waals surface area contributed by atoms with Crippen molar-refractivity contribution in [2.75, 3.05) is 52.9 Å². The average molecular weight is 375 g/mol. The van der Waals surface area contributed by atoms with E-state index >= 15 is 0 Å². The van der Waals surface area contributed by atoms with Crippen molar-refractivity contribution in [3.8, 4) is 0 Å². The molecule has 0 atom stereocenters. The lowest BCUT2D eigenvalue weighted by Crippen LogP contribution is -2.12. The fraction of sp³-hybridized carbons (Fsp3) is 1.00. The summed E-state index contributed by atoms with van der Waals surface area (Å²) in [5.74, 6) is 0. The summed E-state index contributed by atoms with van der Waals surface area (Å²) in [7, 11) is 0. The summed E-state index contributed by atoms with van der Waals surface area (Å²) < 4.78 is 22.0. The van der Waals surface area contributed by atoms with Gasteiger partial charge in [0.1, 0.15) is 0 Å². The highest BCUT2D eigenvalue weighted by Gasteiger charge is 1.95. The van der Waals surface area contributed by atoms with Crippen molar-refractivity contribution in [3.63, 3.8) is 0 Å². The third-order valence-electron chi connectivity index (χ3n) is 4.40. The molecule has 0 spiro atoms. The normalized spacial score (nSPS) is 11.3. The van der Waals surface area contributed by atoms with E-state index in [-0.39, 0.29) is 0 Å². The Morgan fingerprint density at radius 2 is 0.615 bits per heavy atom. The summed E-state index contributed by atoms with van der Waals surface area (Å²) in [4.78, 5) is 0. The summed E-state index contributed by atoms with van der Waals surface area (Å²) in [6, 6.07) is 0. The quantitative estimate of drug-likeness (QED) is 0.213. The highest BCUT2D eigenvalue weighted by molar-refractivity contribution is 4.47. The third kappa shape index (κ3) is 23.8. The van der Waals surface area contributed by atoms with E-state index < -0.39 is 0 Å². The molecule has 0 aliphatic rings. The second kappa shape index (κ2) is 24.8. The first-order chi connectivity index (χ1) is 12.9. The van der Waals surface area contributed by atoms with E-state index in [0.29, 0.717) is 39.6 Å². The van der Waals surface area contributed by atoms with Crippen LogP contribution in [0.25, 0.3) is 0 Å². The number of ether oxygens (including phenoxy) is 4. The molecule has 0 bridgehead atoms. The summed E-state index contributed by atoms with van der Waals surface area (Å²) in [5, 5.41) is 0. The lowest BCUT2D eigenvalue weighted by atomic mass is 10.1. The number of rotatable bonds is 23. The Bertz CT molecular complexity index is 212.